The Labute approximate surface area is 155 Å². The zero-order valence-electron chi connectivity index (χ0n) is 14.4. The van der Waals surface area contributed by atoms with Crippen molar-refractivity contribution in [3.05, 3.63) is 54.1 Å². The molecule has 1 N–H and O–H groups in total. The standard InChI is InChI=1S/C18H18F3NO4S/c1-26-16(23)17(18(19,20)21,11-14-10-12-7-8-13(14)9-12)22-27(24,25)15-5-3-2-4-6-15/h2-8,10,12-13,22H,9,11H2,1H3. The van der Waals surface area contributed by atoms with Crippen LogP contribution in [0.2, 0.25) is 0 Å². The van der Waals surface area contributed by atoms with Crippen molar-refractivity contribution in [1.29, 1.82) is 0 Å². The topological polar surface area (TPSA) is 72.5 Å². The van der Waals surface area contributed by atoms with Gasteiger partial charge in [-0.25, -0.2) is 13.2 Å². The predicted octanol–water partition coefficient (Wildman–Crippen LogP) is 2.96. The minimum absolute atomic E-state index is 0.0133. The van der Waals surface area contributed by atoms with Crippen LogP contribution in [0.25, 0.3) is 0 Å². The van der Waals surface area contributed by atoms with Crippen LogP contribution in [0.5, 0.6) is 0 Å². The average Bonchev–Trinajstić information content (AvgIpc) is 3.23. The second kappa shape index (κ2) is 6.79. The number of carbonyl (C=O) groups is 1. The molecule has 0 heterocycles. The molecule has 1 aromatic rings. The fraction of sp³-hybridized carbons (Fsp3) is 0.389. The molecule has 0 saturated heterocycles. The number of ether oxygens (including phenoxy) is 1. The molecule has 0 aliphatic heterocycles. The van der Waals surface area contributed by atoms with E-state index >= 15 is 0 Å². The lowest BCUT2D eigenvalue weighted by molar-refractivity contribution is -0.207. The van der Waals surface area contributed by atoms with E-state index in [1.807, 2.05) is 6.08 Å². The Morgan fingerprint density at radius 2 is 1.89 bits per heavy atom. The van der Waals surface area contributed by atoms with E-state index in [1.54, 1.807) is 16.9 Å². The van der Waals surface area contributed by atoms with Gasteiger partial charge in [0.15, 0.2) is 0 Å². The summed E-state index contributed by atoms with van der Waals surface area (Å²) >= 11 is 0. The van der Waals surface area contributed by atoms with Crippen LogP contribution in [0.1, 0.15) is 12.8 Å². The summed E-state index contributed by atoms with van der Waals surface area (Å²) in [5.41, 5.74) is -3.03. The van der Waals surface area contributed by atoms with E-state index in [9.17, 15) is 26.4 Å². The minimum atomic E-state index is -5.20. The zero-order chi connectivity index (χ0) is 19.9. The van der Waals surface area contributed by atoms with Gasteiger partial charge in [-0.1, -0.05) is 42.0 Å². The van der Waals surface area contributed by atoms with Crippen LogP contribution < -0.4 is 4.72 Å². The Morgan fingerprint density at radius 1 is 1.22 bits per heavy atom. The van der Waals surface area contributed by atoms with Crippen LogP contribution in [0.4, 0.5) is 13.2 Å². The van der Waals surface area contributed by atoms with Crippen LogP contribution in [-0.4, -0.2) is 33.2 Å². The molecule has 0 amide bonds. The van der Waals surface area contributed by atoms with Gasteiger partial charge >= 0.3 is 12.1 Å². The number of rotatable bonds is 6. The lowest BCUT2D eigenvalue weighted by Crippen LogP contribution is -2.64. The SMILES string of the molecule is COC(=O)C(CC1=CC2C=CC1C2)(NS(=O)(=O)c1ccccc1)C(F)(F)F. The third kappa shape index (κ3) is 3.53. The van der Waals surface area contributed by atoms with Crippen molar-refractivity contribution in [3.63, 3.8) is 0 Å². The van der Waals surface area contributed by atoms with Gasteiger partial charge in [0, 0.05) is 6.42 Å². The Hall–Kier alpha value is -2.13. The van der Waals surface area contributed by atoms with E-state index in [-0.39, 0.29) is 16.7 Å². The highest BCUT2D eigenvalue weighted by Crippen LogP contribution is 2.45. The first kappa shape index (κ1) is 19.6. The Morgan fingerprint density at radius 3 is 2.37 bits per heavy atom. The first-order chi connectivity index (χ1) is 12.6. The molecule has 3 atom stereocenters. The highest BCUT2D eigenvalue weighted by molar-refractivity contribution is 7.89. The number of halogens is 3. The van der Waals surface area contributed by atoms with Gasteiger partial charge in [0.25, 0.3) is 0 Å². The molecule has 2 bridgehead atoms. The molecule has 0 spiro atoms. The Bertz CT molecular complexity index is 893. The highest BCUT2D eigenvalue weighted by Gasteiger charge is 2.64. The van der Waals surface area contributed by atoms with Crippen molar-refractivity contribution < 1.29 is 31.1 Å². The number of carbonyl (C=O) groups excluding carboxylic acids is 1. The van der Waals surface area contributed by atoms with Crippen molar-refractivity contribution in [2.75, 3.05) is 7.11 Å². The van der Waals surface area contributed by atoms with E-state index < -0.39 is 34.1 Å². The van der Waals surface area contributed by atoms with Crippen molar-refractivity contribution in [1.82, 2.24) is 4.72 Å². The van der Waals surface area contributed by atoms with Gasteiger partial charge in [-0.3, -0.25) is 0 Å². The van der Waals surface area contributed by atoms with Crippen LogP contribution in [-0.2, 0) is 19.6 Å². The molecule has 0 fully saturated rings. The number of fused-ring (bicyclic) bond motifs is 2. The number of hydrogen-bond acceptors (Lipinski definition) is 4. The van der Waals surface area contributed by atoms with Crippen LogP contribution in [0, 0.1) is 11.8 Å². The Balaban J connectivity index is 2.04. The summed E-state index contributed by atoms with van der Waals surface area (Å²) in [5.74, 6) is -1.91. The number of benzene rings is 1. The monoisotopic (exact) mass is 401 g/mol. The molecule has 0 radical (unpaired) electrons. The molecular weight excluding hydrogens is 383 g/mol. The van der Waals surface area contributed by atoms with Gasteiger partial charge in [0.05, 0.1) is 12.0 Å². The first-order valence-corrected chi connectivity index (χ1v) is 9.70. The summed E-state index contributed by atoms with van der Waals surface area (Å²) in [6, 6.07) is 6.60. The van der Waals surface area contributed by atoms with Crippen molar-refractivity contribution in [3.8, 4) is 0 Å². The van der Waals surface area contributed by atoms with Crippen LogP contribution in [0.15, 0.2) is 59.0 Å². The van der Waals surface area contributed by atoms with E-state index in [0.29, 0.717) is 12.0 Å². The van der Waals surface area contributed by atoms with Gasteiger partial charge in [0.2, 0.25) is 15.6 Å². The van der Waals surface area contributed by atoms with Gasteiger partial charge < -0.3 is 4.74 Å². The quantitative estimate of drug-likeness (QED) is 0.588. The number of nitrogens with one attached hydrogen (secondary N) is 1. The maximum absolute atomic E-state index is 14.1. The lowest BCUT2D eigenvalue weighted by atomic mass is 9.86. The smallest absolute Gasteiger partial charge is 0.418 e. The number of esters is 1. The summed E-state index contributed by atoms with van der Waals surface area (Å²) in [7, 11) is -3.83. The summed E-state index contributed by atoms with van der Waals surface area (Å²) in [6.07, 6.45) is -0.0737. The molecule has 27 heavy (non-hydrogen) atoms. The van der Waals surface area contributed by atoms with E-state index in [2.05, 4.69) is 4.74 Å². The predicted molar refractivity (Wildman–Crippen MR) is 91.0 cm³/mol. The van der Waals surface area contributed by atoms with E-state index in [1.165, 1.54) is 18.2 Å². The van der Waals surface area contributed by atoms with Crippen molar-refractivity contribution in [2.24, 2.45) is 11.8 Å². The van der Waals surface area contributed by atoms with E-state index in [4.69, 9.17) is 0 Å². The summed E-state index contributed by atoms with van der Waals surface area (Å²) in [6.45, 7) is 0. The molecule has 2 aliphatic rings. The number of alkyl halides is 3. The number of hydrogen-bond donors (Lipinski definition) is 1. The number of allylic oxidation sites excluding steroid dienone is 3. The molecule has 2 aliphatic carbocycles. The maximum Gasteiger partial charge on any atom is 0.418 e. The zero-order valence-corrected chi connectivity index (χ0v) is 15.2. The molecule has 5 nitrogen and oxygen atoms in total. The van der Waals surface area contributed by atoms with Crippen LogP contribution >= 0.6 is 0 Å². The molecule has 3 unspecified atom stereocenters. The highest BCUT2D eigenvalue weighted by atomic mass is 32.2. The van der Waals surface area contributed by atoms with Crippen LogP contribution in [0.3, 0.4) is 0 Å². The minimum Gasteiger partial charge on any atom is -0.467 e. The summed E-state index contributed by atoms with van der Waals surface area (Å²) in [5, 5.41) is 0. The number of methoxy groups -OCH3 is 1. The molecular formula is C18H18F3NO4S. The molecule has 0 saturated carbocycles. The average molecular weight is 401 g/mol. The van der Waals surface area contributed by atoms with Gasteiger partial charge in [-0.15, -0.1) is 0 Å². The van der Waals surface area contributed by atoms with E-state index in [0.717, 1.165) is 19.2 Å². The molecule has 9 heteroatoms. The fourth-order valence-electron chi connectivity index (χ4n) is 3.51. The van der Waals surface area contributed by atoms with Crippen molar-refractivity contribution in [2.45, 2.75) is 29.5 Å². The Kier molecular flexibility index (Phi) is 4.94. The molecule has 1 aromatic carbocycles. The van der Waals surface area contributed by atoms with Gasteiger partial charge in [0.1, 0.15) is 0 Å². The van der Waals surface area contributed by atoms with Gasteiger partial charge in [-0.2, -0.15) is 17.9 Å². The third-order valence-corrected chi connectivity index (χ3v) is 6.38. The second-order valence-corrected chi connectivity index (χ2v) is 8.30. The summed E-state index contributed by atoms with van der Waals surface area (Å²) < 4.78 is 73.4. The second-order valence-electron chi connectivity index (χ2n) is 6.62. The lowest BCUT2D eigenvalue weighted by Gasteiger charge is -2.34. The number of sulfonamides is 1. The first-order valence-electron chi connectivity index (χ1n) is 8.22. The third-order valence-electron chi connectivity index (χ3n) is 4.87. The maximum atomic E-state index is 14.1. The van der Waals surface area contributed by atoms with Crippen molar-refractivity contribution >= 4 is 16.0 Å². The summed E-state index contributed by atoms with van der Waals surface area (Å²) in [4.78, 5) is 11.9. The normalized spacial score (nSPS) is 23.8. The molecule has 0 aromatic heterocycles. The molecule has 146 valence electrons. The fourth-order valence-corrected chi connectivity index (χ4v) is 4.87. The molecule has 3 rings (SSSR count). The van der Waals surface area contributed by atoms with Gasteiger partial charge in [-0.05, 0) is 30.4 Å². The largest absolute Gasteiger partial charge is 0.467 e.